The van der Waals surface area contributed by atoms with Crippen molar-refractivity contribution < 1.29 is 33.2 Å². The average Bonchev–Trinajstić information content (AvgIpc) is 3.24. The predicted octanol–water partition coefficient (Wildman–Crippen LogP) is 9.60. The first-order valence-electron chi connectivity index (χ1n) is 23.5. The molecule has 0 spiro atoms. The van der Waals surface area contributed by atoms with E-state index in [0.29, 0.717) is 70.7 Å². The van der Waals surface area contributed by atoms with E-state index in [1.54, 1.807) is 0 Å². The van der Waals surface area contributed by atoms with Gasteiger partial charge in [-0.05, 0) is 62.7 Å². The summed E-state index contributed by atoms with van der Waals surface area (Å²) >= 11 is 0. The fourth-order valence-corrected chi connectivity index (χ4v) is 5.13. The molecule has 0 aliphatic heterocycles. The summed E-state index contributed by atoms with van der Waals surface area (Å²) in [5, 5.41) is 0. The Morgan fingerprint density at radius 3 is 0.898 bits per heavy atom. The molecule has 0 aromatic carbocycles. The summed E-state index contributed by atoms with van der Waals surface area (Å²) in [6.45, 7) is 39.9. The second-order valence-electron chi connectivity index (χ2n) is 17.9. The van der Waals surface area contributed by atoms with E-state index in [4.69, 9.17) is 56.1 Å². The average molecular weight is 853 g/mol. The minimum absolute atomic E-state index is 0. The van der Waals surface area contributed by atoms with Crippen LogP contribution in [-0.4, -0.2) is 111 Å². The van der Waals surface area contributed by atoms with Gasteiger partial charge in [-0.3, -0.25) is 0 Å². The van der Waals surface area contributed by atoms with Gasteiger partial charge >= 0.3 is 0 Å². The molecule has 11 heteroatoms. The van der Waals surface area contributed by atoms with Gasteiger partial charge in [0.1, 0.15) is 0 Å². The van der Waals surface area contributed by atoms with E-state index in [1.165, 1.54) is 12.8 Å². The van der Waals surface area contributed by atoms with E-state index < -0.39 is 0 Å². The molecule has 59 heavy (non-hydrogen) atoms. The zero-order chi connectivity index (χ0) is 44.9. The Kier molecular flexibility index (Phi) is 45.9. The Morgan fingerprint density at radius 2 is 0.644 bits per heavy atom. The fraction of sp³-hybridized carbons (Fsp3) is 1.00. The highest BCUT2D eigenvalue weighted by Gasteiger charge is 2.31. The molecule has 0 aliphatic rings. The van der Waals surface area contributed by atoms with E-state index in [9.17, 15) is 0 Å². The van der Waals surface area contributed by atoms with Crippen LogP contribution < -0.4 is 22.9 Å². The van der Waals surface area contributed by atoms with Crippen LogP contribution in [0.25, 0.3) is 0 Å². The van der Waals surface area contributed by atoms with Crippen LogP contribution in [-0.2, 0) is 33.2 Å². The normalized spacial score (nSPS) is 16.8. The summed E-state index contributed by atoms with van der Waals surface area (Å²) in [6, 6.07) is 0.345. The third-order valence-corrected chi connectivity index (χ3v) is 12.0. The number of hydrogen-bond acceptors (Lipinski definition) is 11. The van der Waals surface area contributed by atoms with Gasteiger partial charge in [0, 0.05) is 54.2 Å². The Balaban J connectivity index is -0.000000392. The second-order valence-corrected chi connectivity index (χ2v) is 17.9. The summed E-state index contributed by atoms with van der Waals surface area (Å²) in [7, 11) is 0. The van der Waals surface area contributed by atoms with Crippen molar-refractivity contribution in [1.29, 1.82) is 0 Å². The Hall–Kier alpha value is -0.440. The lowest BCUT2D eigenvalue weighted by Crippen LogP contribution is -2.40. The van der Waals surface area contributed by atoms with Crippen molar-refractivity contribution in [2.75, 3.05) is 92.6 Å². The number of hydrogen-bond donors (Lipinski definition) is 4. The Morgan fingerprint density at radius 1 is 0.373 bits per heavy atom. The maximum Gasteiger partial charge on any atom is 0.0940 e. The molecular weight excluding hydrogens is 745 g/mol. The molecule has 0 radical (unpaired) electrons. The largest absolute Gasteiger partial charge is 0.381 e. The van der Waals surface area contributed by atoms with Gasteiger partial charge < -0.3 is 56.1 Å². The van der Waals surface area contributed by atoms with Crippen molar-refractivity contribution >= 4 is 0 Å². The zero-order valence-corrected chi connectivity index (χ0v) is 41.1. The van der Waals surface area contributed by atoms with Crippen LogP contribution in [0.5, 0.6) is 0 Å². The van der Waals surface area contributed by atoms with Crippen molar-refractivity contribution in [3.8, 4) is 0 Å². The quantitative estimate of drug-likeness (QED) is 0.0439. The van der Waals surface area contributed by atoms with Crippen molar-refractivity contribution in [3.05, 3.63) is 0 Å². The van der Waals surface area contributed by atoms with Gasteiger partial charge in [-0.1, -0.05) is 124 Å². The monoisotopic (exact) mass is 853 g/mol. The molecule has 11 nitrogen and oxygen atoms in total. The van der Waals surface area contributed by atoms with Gasteiger partial charge in [0.25, 0.3) is 0 Å². The van der Waals surface area contributed by atoms with E-state index in [0.717, 1.165) is 91.0 Å². The summed E-state index contributed by atoms with van der Waals surface area (Å²) in [5.41, 5.74) is 23.3. The van der Waals surface area contributed by atoms with E-state index in [2.05, 4.69) is 96.9 Å². The highest BCUT2D eigenvalue weighted by atomic mass is 16.5. The fourth-order valence-electron chi connectivity index (χ4n) is 5.13. The summed E-state index contributed by atoms with van der Waals surface area (Å²) in [5.74, 6) is 1.85. The summed E-state index contributed by atoms with van der Waals surface area (Å²) in [4.78, 5) is 0. The third-order valence-electron chi connectivity index (χ3n) is 12.0. The van der Waals surface area contributed by atoms with Crippen LogP contribution in [0.1, 0.15) is 169 Å². The van der Waals surface area contributed by atoms with Crippen molar-refractivity contribution in [2.24, 2.45) is 56.9 Å². The molecule has 7 atom stereocenters. The van der Waals surface area contributed by atoms with Crippen LogP contribution >= 0.6 is 0 Å². The van der Waals surface area contributed by atoms with Crippen molar-refractivity contribution in [2.45, 2.75) is 187 Å². The maximum atomic E-state index is 5.99. The Labute approximate surface area is 368 Å². The van der Waals surface area contributed by atoms with Crippen LogP contribution in [0, 0.1) is 34.0 Å². The first-order chi connectivity index (χ1) is 27.5. The van der Waals surface area contributed by atoms with E-state index in [-0.39, 0.29) is 41.8 Å². The highest BCUT2D eigenvalue weighted by Crippen LogP contribution is 2.28. The maximum absolute atomic E-state index is 5.99. The van der Waals surface area contributed by atoms with Crippen LogP contribution in [0.15, 0.2) is 0 Å². The van der Waals surface area contributed by atoms with Gasteiger partial charge in [-0.25, -0.2) is 0 Å². The van der Waals surface area contributed by atoms with Gasteiger partial charge in [0.05, 0.1) is 72.8 Å². The lowest BCUT2D eigenvalue weighted by Gasteiger charge is -2.33. The van der Waals surface area contributed by atoms with Crippen LogP contribution in [0.4, 0.5) is 0 Å². The van der Waals surface area contributed by atoms with E-state index in [1.807, 2.05) is 0 Å². The summed E-state index contributed by atoms with van der Waals surface area (Å²) < 4.78 is 40.5. The standard InChI is InChI=1S/C19H42N2O3.C16H35NO2.C12H27NO2.CH4/c1-6-16(5)10-22-13-19(9-4,14-23-11-17(20)7-2)15-24-12-18(21)8-3;1-6-14(5)10-18-12-16(8-3,9-4)13-19-11-15(17)7-2;1-5-11(3)7-14-8-12(4,6-2)9-15-10-13;/h16-18H,6-15,20-21H2,1-5H3;14-15H,6-13,17H2,1-5H3;11H,5-10,13H2,1-4H3;1H4. The molecule has 8 N–H and O–H groups in total. The molecule has 7 unspecified atom stereocenters. The minimum Gasteiger partial charge on any atom is -0.381 e. The van der Waals surface area contributed by atoms with Crippen LogP contribution in [0.2, 0.25) is 0 Å². The molecular formula is C48H108N4O7. The molecule has 0 saturated heterocycles. The lowest BCUT2D eigenvalue weighted by molar-refractivity contribution is -0.0788. The molecule has 0 aliphatic carbocycles. The number of ether oxygens (including phenoxy) is 7. The smallest absolute Gasteiger partial charge is 0.0940 e. The molecule has 0 aromatic rings. The molecule has 0 aromatic heterocycles. The van der Waals surface area contributed by atoms with Crippen molar-refractivity contribution in [1.82, 2.24) is 0 Å². The molecule has 362 valence electrons. The van der Waals surface area contributed by atoms with Gasteiger partial charge in [-0.2, -0.15) is 0 Å². The molecule has 0 rings (SSSR count). The topological polar surface area (TPSA) is 169 Å². The van der Waals surface area contributed by atoms with Gasteiger partial charge in [0.15, 0.2) is 0 Å². The van der Waals surface area contributed by atoms with Gasteiger partial charge in [-0.15, -0.1) is 0 Å². The number of nitrogens with two attached hydrogens (primary N) is 4. The molecule has 0 heterocycles. The van der Waals surface area contributed by atoms with Crippen molar-refractivity contribution in [3.63, 3.8) is 0 Å². The first kappa shape index (κ1) is 65.2. The highest BCUT2D eigenvalue weighted by molar-refractivity contribution is 4.79. The number of rotatable bonds is 37. The predicted molar refractivity (Wildman–Crippen MR) is 254 cm³/mol. The Bertz CT molecular complexity index is 797. The summed E-state index contributed by atoms with van der Waals surface area (Å²) in [6.07, 6.45) is 10.4. The second kappa shape index (κ2) is 41.6. The first-order valence-corrected chi connectivity index (χ1v) is 23.5. The molecule has 0 bridgehead atoms. The van der Waals surface area contributed by atoms with Crippen LogP contribution in [0.3, 0.4) is 0 Å². The SMILES string of the molecule is C.CCC(C)COCC(C)(CC)COCN.CCC(C)COCC(CC)(CC)COCC(N)CC.CCC(C)COCC(CC)(COCC(N)CC)COCC(N)CC. The minimum atomic E-state index is -0.131. The molecule has 0 saturated carbocycles. The van der Waals surface area contributed by atoms with E-state index >= 15 is 0 Å². The molecule has 0 amide bonds. The third kappa shape index (κ3) is 35.7. The lowest BCUT2D eigenvalue weighted by atomic mass is 9.84. The molecule has 0 fully saturated rings. The zero-order valence-electron chi connectivity index (χ0n) is 41.1. The van der Waals surface area contributed by atoms with Gasteiger partial charge in [0.2, 0.25) is 0 Å².